The van der Waals surface area contributed by atoms with E-state index in [0.29, 0.717) is 32.8 Å². The standard InChI is InChI=1S/C15H24O5S/c1-14(13-21(16,17)18)8-11-19-9-5-10-20-12-15-6-3-2-4-7-15/h2-4,6-7,14H,5,8-13H2,1H3,(H,16,17,18)/t14-/m0/s1. The third-order valence-corrected chi connectivity index (χ3v) is 3.93. The Morgan fingerprint density at radius 1 is 1.10 bits per heavy atom. The zero-order chi connectivity index (χ0) is 15.6. The van der Waals surface area contributed by atoms with Crippen molar-refractivity contribution < 1.29 is 22.4 Å². The van der Waals surface area contributed by atoms with Gasteiger partial charge in [0.15, 0.2) is 0 Å². The Hall–Kier alpha value is -0.950. The lowest BCUT2D eigenvalue weighted by Crippen LogP contribution is -2.14. The maximum atomic E-state index is 10.7. The molecule has 0 aliphatic rings. The number of hydrogen-bond acceptors (Lipinski definition) is 4. The molecule has 5 nitrogen and oxygen atoms in total. The smallest absolute Gasteiger partial charge is 0.265 e. The molecule has 0 aliphatic carbocycles. The zero-order valence-electron chi connectivity index (χ0n) is 12.4. The molecule has 0 saturated heterocycles. The Morgan fingerprint density at radius 3 is 2.43 bits per heavy atom. The first-order chi connectivity index (χ1) is 9.97. The summed E-state index contributed by atoms with van der Waals surface area (Å²) >= 11 is 0. The molecular weight excluding hydrogens is 292 g/mol. The highest BCUT2D eigenvalue weighted by atomic mass is 32.2. The van der Waals surface area contributed by atoms with E-state index in [1.807, 2.05) is 30.3 Å². The van der Waals surface area contributed by atoms with Gasteiger partial charge in [0, 0.05) is 19.8 Å². The van der Waals surface area contributed by atoms with Gasteiger partial charge in [-0.25, -0.2) is 0 Å². The zero-order valence-corrected chi connectivity index (χ0v) is 13.2. The predicted octanol–water partition coefficient (Wildman–Crippen LogP) is 2.52. The Kier molecular flexibility index (Phi) is 8.52. The van der Waals surface area contributed by atoms with Crippen molar-refractivity contribution in [2.24, 2.45) is 5.92 Å². The van der Waals surface area contributed by atoms with Crippen molar-refractivity contribution in [1.82, 2.24) is 0 Å². The minimum Gasteiger partial charge on any atom is -0.381 e. The lowest BCUT2D eigenvalue weighted by atomic mass is 10.1. The maximum absolute atomic E-state index is 10.7. The van der Waals surface area contributed by atoms with E-state index in [1.165, 1.54) is 0 Å². The molecule has 21 heavy (non-hydrogen) atoms. The van der Waals surface area contributed by atoms with E-state index >= 15 is 0 Å². The second-order valence-corrected chi connectivity index (χ2v) is 6.64. The lowest BCUT2D eigenvalue weighted by Gasteiger charge is -2.10. The van der Waals surface area contributed by atoms with E-state index in [9.17, 15) is 8.42 Å². The molecule has 0 unspecified atom stereocenters. The Bertz CT molecular complexity index is 472. The van der Waals surface area contributed by atoms with Gasteiger partial charge in [-0.3, -0.25) is 4.55 Å². The maximum Gasteiger partial charge on any atom is 0.265 e. The molecule has 1 rings (SSSR count). The number of benzene rings is 1. The van der Waals surface area contributed by atoms with Crippen molar-refractivity contribution in [2.45, 2.75) is 26.4 Å². The Balaban J connectivity index is 1.93. The minimum absolute atomic E-state index is 0.102. The van der Waals surface area contributed by atoms with Crippen molar-refractivity contribution in [2.75, 3.05) is 25.6 Å². The van der Waals surface area contributed by atoms with Crippen molar-refractivity contribution in [1.29, 1.82) is 0 Å². The molecule has 1 N–H and O–H groups in total. The van der Waals surface area contributed by atoms with Gasteiger partial charge in [0.2, 0.25) is 0 Å². The highest BCUT2D eigenvalue weighted by molar-refractivity contribution is 7.85. The van der Waals surface area contributed by atoms with E-state index in [2.05, 4.69) is 0 Å². The molecule has 0 radical (unpaired) electrons. The van der Waals surface area contributed by atoms with Crippen LogP contribution in [0, 0.1) is 5.92 Å². The van der Waals surface area contributed by atoms with Crippen LogP contribution in [0.1, 0.15) is 25.3 Å². The second-order valence-electron chi connectivity index (χ2n) is 5.15. The monoisotopic (exact) mass is 316 g/mol. The van der Waals surface area contributed by atoms with Gasteiger partial charge in [-0.1, -0.05) is 37.3 Å². The molecule has 6 heteroatoms. The quantitative estimate of drug-likeness (QED) is 0.501. The number of ether oxygens (including phenoxy) is 2. The van der Waals surface area contributed by atoms with E-state index in [1.54, 1.807) is 6.92 Å². The van der Waals surface area contributed by atoms with Crippen molar-refractivity contribution in [3.05, 3.63) is 35.9 Å². The molecule has 1 aromatic carbocycles. The van der Waals surface area contributed by atoms with E-state index < -0.39 is 10.1 Å². The molecule has 120 valence electrons. The van der Waals surface area contributed by atoms with Gasteiger partial charge in [0.25, 0.3) is 10.1 Å². The average Bonchev–Trinajstić information content (AvgIpc) is 2.41. The molecule has 0 fully saturated rings. The fraction of sp³-hybridized carbons (Fsp3) is 0.600. The van der Waals surface area contributed by atoms with Crippen LogP contribution >= 0.6 is 0 Å². The summed E-state index contributed by atoms with van der Waals surface area (Å²) in [6, 6.07) is 9.98. The van der Waals surface area contributed by atoms with Crippen LogP contribution in [0.4, 0.5) is 0 Å². The van der Waals surface area contributed by atoms with Crippen molar-refractivity contribution in [3.8, 4) is 0 Å². The Labute approximate surface area is 127 Å². The first kappa shape index (κ1) is 18.1. The number of hydrogen-bond donors (Lipinski definition) is 1. The summed E-state index contributed by atoms with van der Waals surface area (Å²) in [6.07, 6.45) is 1.42. The average molecular weight is 316 g/mol. The van der Waals surface area contributed by atoms with Crippen LogP contribution in [0.25, 0.3) is 0 Å². The van der Waals surface area contributed by atoms with Crippen LogP contribution in [-0.4, -0.2) is 38.5 Å². The van der Waals surface area contributed by atoms with Crippen molar-refractivity contribution >= 4 is 10.1 Å². The van der Waals surface area contributed by atoms with E-state index in [0.717, 1.165) is 12.0 Å². The summed E-state index contributed by atoms with van der Waals surface area (Å²) in [5.41, 5.74) is 1.15. The summed E-state index contributed by atoms with van der Waals surface area (Å²) in [4.78, 5) is 0. The second kappa shape index (κ2) is 9.89. The topological polar surface area (TPSA) is 72.8 Å². The Morgan fingerprint density at radius 2 is 1.76 bits per heavy atom. The molecule has 0 spiro atoms. The van der Waals surface area contributed by atoms with Gasteiger partial charge in [0.05, 0.1) is 12.4 Å². The lowest BCUT2D eigenvalue weighted by molar-refractivity contribution is 0.0721. The van der Waals surface area contributed by atoms with Crippen LogP contribution in [0.3, 0.4) is 0 Å². The first-order valence-corrected chi connectivity index (χ1v) is 8.73. The normalized spacial score (nSPS) is 13.2. The summed E-state index contributed by atoms with van der Waals surface area (Å²) in [7, 11) is -3.88. The van der Waals surface area contributed by atoms with E-state index in [-0.39, 0.29) is 11.7 Å². The highest BCUT2D eigenvalue weighted by Crippen LogP contribution is 2.05. The van der Waals surface area contributed by atoms with Gasteiger partial charge in [-0.2, -0.15) is 8.42 Å². The SMILES string of the molecule is C[C@@H](CCOCCCOCc1ccccc1)CS(=O)(=O)O. The third-order valence-electron chi connectivity index (χ3n) is 2.94. The third kappa shape index (κ3) is 10.4. The summed E-state index contributed by atoms with van der Waals surface area (Å²) < 4.78 is 41.0. The van der Waals surface area contributed by atoms with Crippen LogP contribution in [0.2, 0.25) is 0 Å². The minimum atomic E-state index is -3.88. The molecule has 0 saturated carbocycles. The molecule has 0 bridgehead atoms. The summed E-state index contributed by atoms with van der Waals surface area (Å²) in [6.45, 7) is 4.10. The van der Waals surface area contributed by atoms with Crippen molar-refractivity contribution in [3.63, 3.8) is 0 Å². The summed E-state index contributed by atoms with van der Waals surface area (Å²) in [5.74, 6) is -0.314. The van der Waals surface area contributed by atoms with Gasteiger partial charge in [0.1, 0.15) is 0 Å². The summed E-state index contributed by atoms with van der Waals surface area (Å²) in [5, 5.41) is 0. The van der Waals surface area contributed by atoms with Crippen LogP contribution in [0.15, 0.2) is 30.3 Å². The van der Waals surface area contributed by atoms with Gasteiger partial charge in [-0.15, -0.1) is 0 Å². The van der Waals surface area contributed by atoms with Crippen LogP contribution in [-0.2, 0) is 26.2 Å². The molecule has 0 amide bonds. The van der Waals surface area contributed by atoms with Gasteiger partial charge in [-0.05, 0) is 24.3 Å². The largest absolute Gasteiger partial charge is 0.381 e. The first-order valence-electron chi connectivity index (χ1n) is 7.12. The molecule has 1 aromatic rings. The fourth-order valence-corrected chi connectivity index (χ4v) is 2.74. The molecule has 1 atom stereocenters. The highest BCUT2D eigenvalue weighted by Gasteiger charge is 2.11. The fourth-order valence-electron chi connectivity index (χ4n) is 1.86. The van der Waals surface area contributed by atoms with E-state index in [4.69, 9.17) is 14.0 Å². The van der Waals surface area contributed by atoms with Gasteiger partial charge < -0.3 is 9.47 Å². The molecule has 0 aromatic heterocycles. The van der Waals surface area contributed by atoms with Crippen LogP contribution < -0.4 is 0 Å². The molecular formula is C15H24O5S. The van der Waals surface area contributed by atoms with Crippen LogP contribution in [0.5, 0.6) is 0 Å². The predicted molar refractivity (Wildman–Crippen MR) is 81.7 cm³/mol. The number of rotatable bonds is 11. The molecule has 0 aliphatic heterocycles. The molecule has 0 heterocycles. The van der Waals surface area contributed by atoms with Gasteiger partial charge >= 0.3 is 0 Å².